The molecule has 83 heavy (non-hydrogen) atoms. The van der Waals surface area contributed by atoms with Crippen LogP contribution < -0.4 is 39.7 Å². The SMILES string of the molecule is Cc1cn([C@H]2C[C@H](OP(=O)(O)OC[C@H]3O[C@@H](n4cnc5c(=O)[nH]c(N)nc54)C[C@@H]3O)[C@@H](COP(=O)(O)O[C@H]3C[C@H](n4ccc(N)nc4=O)O[C@@H]3COP(=O)(O)O[C@H]3C[C@H](n4cnc5c(N)ncnc54)O[C@@H]3COP(=O)(O)O)O2)c(=O)[nH]c1=O. The van der Waals surface area contributed by atoms with Gasteiger partial charge in [0, 0.05) is 43.6 Å². The van der Waals surface area contributed by atoms with E-state index in [9.17, 15) is 67.0 Å². The van der Waals surface area contributed by atoms with E-state index in [1.54, 1.807) is 0 Å². The topological polar surface area (TPSA) is 566 Å². The lowest BCUT2D eigenvalue weighted by molar-refractivity contribution is -0.0633. The summed E-state index contributed by atoms with van der Waals surface area (Å²) < 4.78 is 118. The predicted octanol–water partition coefficient (Wildman–Crippen LogP) is -2.05. The Bertz CT molecular complexity index is 3850. The van der Waals surface area contributed by atoms with Gasteiger partial charge in [0.15, 0.2) is 22.6 Å². The van der Waals surface area contributed by atoms with Crippen LogP contribution in [0.25, 0.3) is 22.3 Å². The van der Waals surface area contributed by atoms with E-state index in [0.29, 0.717) is 0 Å². The third-order valence-electron chi connectivity index (χ3n) is 13.2. The van der Waals surface area contributed by atoms with Crippen LogP contribution in [0.5, 0.6) is 0 Å². The number of nitrogen functional groups attached to an aromatic ring is 3. The highest BCUT2D eigenvalue weighted by Crippen LogP contribution is 2.54. The summed E-state index contributed by atoms with van der Waals surface area (Å²) in [6, 6.07) is 1.22. The molecule has 14 N–H and O–H groups in total. The van der Waals surface area contributed by atoms with Gasteiger partial charge in [-0.3, -0.25) is 69.5 Å². The van der Waals surface area contributed by atoms with E-state index in [-0.39, 0.29) is 58.3 Å². The Kier molecular flexibility index (Phi) is 17.1. The van der Waals surface area contributed by atoms with Crippen molar-refractivity contribution in [2.75, 3.05) is 43.6 Å². The molecule has 0 radical (unpaired) electrons. The third-order valence-corrected chi connectivity index (χ3v) is 16.8. The maximum Gasteiger partial charge on any atom is 0.472 e. The summed E-state index contributed by atoms with van der Waals surface area (Å²) >= 11 is 0. The number of phosphoric acid groups is 4. The smallest absolute Gasteiger partial charge is 0.390 e. The van der Waals surface area contributed by atoms with Gasteiger partial charge in [-0.15, -0.1) is 0 Å². The van der Waals surface area contributed by atoms with Crippen LogP contribution in [0, 0.1) is 6.92 Å². The first-order valence-corrected chi connectivity index (χ1v) is 30.4. The Hall–Kier alpha value is -5.90. The van der Waals surface area contributed by atoms with E-state index in [4.69, 9.17) is 63.3 Å². The predicted molar refractivity (Wildman–Crippen MR) is 271 cm³/mol. The van der Waals surface area contributed by atoms with Crippen LogP contribution in [-0.4, -0.2) is 163 Å². The molecule has 15 atom stereocenters. The van der Waals surface area contributed by atoms with Crippen molar-refractivity contribution in [3.05, 3.63) is 84.7 Å². The number of phosphoric ester groups is 4. The molecular weight excluding hydrogens is 1200 g/mol. The summed E-state index contributed by atoms with van der Waals surface area (Å²) in [4.78, 5) is 131. The molecule has 0 saturated carbocycles. The van der Waals surface area contributed by atoms with Gasteiger partial charge in [0.25, 0.3) is 11.1 Å². The summed E-state index contributed by atoms with van der Waals surface area (Å²) in [5.41, 5.74) is 14.2. The first-order chi connectivity index (χ1) is 39.1. The van der Waals surface area contributed by atoms with Crippen LogP contribution in [-0.2, 0) is 68.9 Å². The molecule has 10 rings (SSSR count). The minimum atomic E-state index is -5.45. The number of aromatic nitrogens is 12. The van der Waals surface area contributed by atoms with Gasteiger partial charge in [0.2, 0.25) is 5.95 Å². The quantitative estimate of drug-likeness (QED) is 0.0326. The summed E-state index contributed by atoms with van der Waals surface area (Å²) in [5, 5.41) is 10.9. The molecule has 44 heteroatoms. The fraction of sp³-hybridized carbons (Fsp3) is 0.538. The molecule has 4 aliphatic rings. The minimum Gasteiger partial charge on any atom is -0.390 e. The Morgan fingerprint density at radius 3 is 1.66 bits per heavy atom. The molecule has 4 saturated heterocycles. The molecule has 3 unspecified atom stereocenters. The number of rotatable bonds is 22. The highest BCUT2D eigenvalue weighted by molar-refractivity contribution is 7.48. The molecule has 4 aliphatic heterocycles. The van der Waals surface area contributed by atoms with Crippen molar-refractivity contribution in [1.82, 2.24) is 58.1 Å². The second-order valence-corrected chi connectivity index (χ2v) is 24.4. The number of H-pyrrole nitrogens is 2. The van der Waals surface area contributed by atoms with Crippen LogP contribution in [0.3, 0.4) is 0 Å². The summed E-state index contributed by atoms with van der Waals surface area (Å²) in [6.45, 7) is -2.32. The fourth-order valence-corrected chi connectivity index (χ4v) is 12.6. The molecule has 40 nitrogen and oxygen atoms in total. The average molecular weight is 1250 g/mol. The van der Waals surface area contributed by atoms with Crippen molar-refractivity contribution in [3.63, 3.8) is 0 Å². The molecular formula is C39H51N15O25P4. The number of nitrogens with two attached hydrogens (primary N) is 3. The van der Waals surface area contributed by atoms with Crippen molar-refractivity contribution >= 4 is 71.2 Å². The lowest BCUT2D eigenvalue weighted by Gasteiger charge is -2.25. The Morgan fingerprint density at radius 2 is 1.10 bits per heavy atom. The Labute approximate surface area is 461 Å². The van der Waals surface area contributed by atoms with Gasteiger partial charge >= 0.3 is 42.7 Å². The third kappa shape index (κ3) is 13.8. The molecule has 452 valence electrons. The van der Waals surface area contributed by atoms with E-state index in [2.05, 4.69) is 44.4 Å². The summed E-state index contributed by atoms with van der Waals surface area (Å²) in [7, 11) is -21.2. The van der Waals surface area contributed by atoms with E-state index >= 15 is 0 Å². The zero-order chi connectivity index (χ0) is 59.5. The van der Waals surface area contributed by atoms with Crippen LogP contribution in [0.4, 0.5) is 17.6 Å². The Morgan fingerprint density at radius 1 is 0.602 bits per heavy atom. The van der Waals surface area contributed by atoms with Crippen molar-refractivity contribution in [2.24, 2.45) is 0 Å². The second-order valence-electron chi connectivity index (χ2n) is 18.9. The lowest BCUT2D eigenvalue weighted by Crippen LogP contribution is -2.33. The van der Waals surface area contributed by atoms with Crippen molar-refractivity contribution in [2.45, 2.75) is 106 Å². The Balaban J connectivity index is 0.825. The number of aliphatic hydroxyl groups is 1. The molecule has 0 bridgehead atoms. The number of hydrogen-bond acceptors (Lipinski definition) is 29. The van der Waals surface area contributed by atoms with Crippen molar-refractivity contribution in [1.29, 1.82) is 0 Å². The molecule has 0 spiro atoms. The maximum absolute atomic E-state index is 13.9. The molecule has 4 fully saturated rings. The van der Waals surface area contributed by atoms with E-state index in [1.165, 1.54) is 41.0 Å². The largest absolute Gasteiger partial charge is 0.472 e. The van der Waals surface area contributed by atoms with Crippen LogP contribution in [0.1, 0.15) is 56.2 Å². The first-order valence-electron chi connectivity index (χ1n) is 24.4. The highest BCUT2D eigenvalue weighted by atomic mass is 31.2. The molecule has 6 aromatic rings. The van der Waals surface area contributed by atoms with Gasteiger partial charge in [-0.05, 0) is 13.0 Å². The zero-order valence-electron chi connectivity index (χ0n) is 42.5. The van der Waals surface area contributed by atoms with E-state index in [1.807, 2.05) is 0 Å². The highest BCUT2D eigenvalue weighted by Gasteiger charge is 2.49. The van der Waals surface area contributed by atoms with Gasteiger partial charge in [0.05, 0.1) is 45.2 Å². The number of aromatic amines is 2. The number of anilines is 3. The van der Waals surface area contributed by atoms with Crippen molar-refractivity contribution in [3.8, 4) is 0 Å². The first kappa shape index (κ1) is 60.2. The van der Waals surface area contributed by atoms with Gasteiger partial charge < -0.3 is 65.7 Å². The number of nitrogens with zero attached hydrogens (tertiary/aromatic N) is 10. The molecule has 0 amide bonds. The van der Waals surface area contributed by atoms with E-state index in [0.717, 1.165) is 21.7 Å². The van der Waals surface area contributed by atoms with Crippen LogP contribution >= 0.6 is 31.3 Å². The number of hydrogen-bond donors (Lipinski definition) is 11. The normalized spacial score (nSPS) is 28.9. The average Bonchev–Trinajstić information content (AvgIpc) is 4.47. The van der Waals surface area contributed by atoms with Crippen LogP contribution in [0.2, 0.25) is 0 Å². The van der Waals surface area contributed by atoms with Crippen molar-refractivity contribution < 1.29 is 98.4 Å². The number of fused-ring (bicyclic) bond motifs is 2. The fourth-order valence-electron chi connectivity index (χ4n) is 9.39. The summed E-state index contributed by atoms with van der Waals surface area (Å²) in [6.07, 6.45) is -12.6. The molecule has 6 aromatic heterocycles. The van der Waals surface area contributed by atoms with E-state index < -0.39 is 167 Å². The molecule has 10 heterocycles. The number of nitrogens with one attached hydrogen (secondary N) is 2. The monoisotopic (exact) mass is 1250 g/mol. The second kappa shape index (κ2) is 23.5. The maximum atomic E-state index is 13.9. The number of aliphatic hydroxyl groups excluding tert-OH is 1. The zero-order valence-corrected chi connectivity index (χ0v) is 46.1. The van der Waals surface area contributed by atoms with Gasteiger partial charge in [-0.25, -0.2) is 47.8 Å². The van der Waals surface area contributed by atoms with Gasteiger partial charge in [-0.1, -0.05) is 0 Å². The summed E-state index contributed by atoms with van der Waals surface area (Å²) in [5.74, 6) is -0.412. The molecule has 0 aromatic carbocycles. The van der Waals surface area contributed by atoms with Crippen LogP contribution in [0.15, 0.2) is 56.6 Å². The van der Waals surface area contributed by atoms with Gasteiger partial charge in [0.1, 0.15) is 85.3 Å². The lowest BCUT2D eigenvalue weighted by atomic mass is 10.2. The number of imidazole rings is 2. The molecule has 0 aliphatic carbocycles. The number of ether oxygens (including phenoxy) is 4. The van der Waals surface area contributed by atoms with Gasteiger partial charge in [-0.2, -0.15) is 9.97 Å². The minimum absolute atomic E-state index is 0.00379. The number of aryl methyl sites for hydroxylation is 1. The standard InChI is InChI=1S/C39H51N15O25P4/c1-16-8-52(39(59)50-35(16)56)28-6-19(78-81(63,64)70-9-21-17(55)4-26(73-21)54-15-46-31-34(54)48-37(42)49-36(31)57)24(75-28)12-72-82(65,66)77-18-5-27(51-3-2-25(40)47-38(51)58)74-23(18)11-71-83(67,68)79-20-7-29(76-22(20)10-69-80(60,61)62)53-14-45-30-32(41)43-13-44-33(30)53/h2-3,8,13-15,17-24,26-29,55H,4-7,9-12H2,1H3,(H,63,64)(H,65,66)(H,67,68)(H2,40,47,58)(H2,41,43,44)(H,50,56,59)(H2,60,61,62)(H3,42,48,49,57)/t17-,18-,19-,20-,21+,22+,23+,24+,26+,27+,28+,29+/m0/s1.